The topological polar surface area (TPSA) is 64.4 Å². The highest BCUT2D eigenvalue weighted by molar-refractivity contribution is 8.00. The van der Waals surface area contributed by atoms with Crippen molar-refractivity contribution in [3.8, 4) is 6.07 Å². The van der Waals surface area contributed by atoms with Gasteiger partial charge in [-0.3, -0.25) is 0 Å². The summed E-state index contributed by atoms with van der Waals surface area (Å²) < 4.78 is 28.0. The molecule has 2 heterocycles. The monoisotopic (exact) mass is 317 g/mol. The lowest BCUT2D eigenvalue weighted by Crippen LogP contribution is -2.51. The zero-order valence-corrected chi connectivity index (χ0v) is 13.8. The standard InChI is InChI=1S/C13H23N3O2S2/c1-12-3-7-15(8-4-12)20(17,18)16-9-5-13(11-14,19-2)6-10-16/h12H,3-10H2,1-2H3. The van der Waals surface area contributed by atoms with E-state index in [4.69, 9.17) is 0 Å². The third kappa shape index (κ3) is 3.14. The number of nitriles is 1. The molecule has 0 aromatic heterocycles. The van der Waals surface area contributed by atoms with Gasteiger partial charge in [0.15, 0.2) is 0 Å². The highest BCUT2D eigenvalue weighted by atomic mass is 32.2. The summed E-state index contributed by atoms with van der Waals surface area (Å²) >= 11 is 1.55. The second kappa shape index (κ2) is 6.22. The van der Waals surface area contributed by atoms with E-state index < -0.39 is 15.0 Å². The van der Waals surface area contributed by atoms with Gasteiger partial charge in [0.1, 0.15) is 4.75 Å². The second-order valence-corrected chi connectivity index (χ2v) is 8.92. The van der Waals surface area contributed by atoms with Crippen LogP contribution in [0.3, 0.4) is 0 Å². The fourth-order valence-electron chi connectivity index (χ4n) is 2.82. The molecule has 0 unspecified atom stereocenters. The molecule has 2 aliphatic heterocycles. The van der Waals surface area contributed by atoms with E-state index in [1.54, 1.807) is 20.4 Å². The summed E-state index contributed by atoms with van der Waals surface area (Å²) in [7, 11) is -3.33. The average Bonchev–Trinajstić information content (AvgIpc) is 2.47. The summed E-state index contributed by atoms with van der Waals surface area (Å²) in [6.45, 7) is 4.36. The van der Waals surface area contributed by atoms with Crippen LogP contribution in [0, 0.1) is 17.2 Å². The molecule has 0 aliphatic carbocycles. The molecule has 2 rings (SSSR count). The lowest BCUT2D eigenvalue weighted by molar-refractivity contribution is 0.249. The first kappa shape index (κ1) is 16.1. The Hall–Kier alpha value is -0.290. The van der Waals surface area contributed by atoms with Gasteiger partial charge in [0, 0.05) is 26.2 Å². The first-order valence-electron chi connectivity index (χ1n) is 7.15. The van der Waals surface area contributed by atoms with E-state index in [-0.39, 0.29) is 0 Å². The summed E-state index contributed by atoms with van der Waals surface area (Å²) in [5.41, 5.74) is 0. The number of nitrogens with zero attached hydrogens (tertiary/aromatic N) is 3. The predicted molar refractivity (Wildman–Crippen MR) is 81.6 cm³/mol. The smallest absolute Gasteiger partial charge is 0.197 e. The lowest BCUT2D eigenvalue weighted by atomic mass is 9.99. The highest BCUT2D eigenvalue weighted by Gasteiger charge is 2.40. The van der Waals surface area contributed by atoms with E-state index in [0.717, 1.165) is 12.8 Å². The second-order valence-electron chi connectivity index (χ2n) is 5.80. The Morgan fingerprint density at radius 3 is 2.10 bits per heavy atom. The summed E-state index contributed by atoms with van der Waals surface area (Å²) in [6, 6.07) is 2.35. The molecule has 0 amide bonds. The number of hydrogen-bond acceptors (Lipinski definition) is 4. The predicted octanol–water partition coefficient (Wildman–Crippen LogP) is 1.68. The summed E-state index contributed by atoms with van der Waals surface area (Å²) in [5.74, 6) is 0.616. The maximum absolute atomic E-state index is 12.6. The highest BCUT2D eigenvalue weighted by Crippen LogP contribution is 2.35. The Kier molecular flexibility index (Phi) is 5.00. The van der Waals surface area contributed by atoms with Gasteiger partial charge in [0.25, 0.3) is 10.2 Å². The van der Waals surface area contributed by atoms with Crippen LogP contribution in [-0.2, 0) is 10.2 Å². The minimum atomic E-state index is -3.33. The average molecular weight is 317 g/mol. The summed E-state index contributed by atoms with van der Waals surface area (Å²) in [6.07, 6.45) is 5.06. The molecule has 2 saturated heterocycles. The normalized spacial score (nSPS) is 26.2. The van der Waals surface area contributed by atoms with E-state index in [0.29, 0.717) is 44.9 Å². The van der Waals surface area contributed by atoms with Crippen LogP contribution in [0.15, 0.2) is 0 Å². The quantitative estimate of drug-likeness (QED) is 0.794. The van der Waals surface area contributed by atoms with Gasteiger partial charge in [-0.1, -0.05) is 6.92 Å². The van der Waals surface area contributed by atoms with Crippen LogP contribution in [-0.4, -0.2) is 54.2 Å². The van der Waals surface area contributed by atoms with Crippen LogP contribution in [0.25, 0.3) is 0 Å². The van der Waals surface area contributed by atoms with Crippen molar-refractivity contribution in [1.82, 2.24) is 8.61 Å². The molecule has 0 spiro atoms. The van der Waals surface area contributed by atoms with Gasteiger partial charge in [0.2, 0.25) is 0 Å². The van der Waals surface area contributed by atoms with Crippen molar-refractivity contribution < 1.29 is 8.42 Å². The summed E-state index contributed by atoms with van der Waals surface area (Å²) in [5, 5.41) is 9.26. The van der Waals surface area contributed by atoms with E-state index in [2.05, 4.69) is 13.0 Å². The first-order chi connectivity index (χ1) is 9.43. The van der Waals surface area contributed by atoms with E-state index in [9.17, 15) is 13.7 Å². The minimum Gasteiger partial charge on any atom is -0.197 e. The number of piperidine rings is 2. The zero-order chi connectivity index (χ0) is 14.8. The molecule has 0 N–H and O–H groups in total. The van der Waals surface area contributed by atoms with Crippen molar-refractivity contribution in [2.75, 3.05) is 32.4 Å². The van der Waals surface area contributed by atoms with Gasteiger partial charge >= 0.3 is 0 Å². The Morgan fingerprint density at radius 1 is 1.15 bits per heavy atom. The van der Waals surface area contributed by atoms with Crippen molar-refractivity contribution in [2.24, 2.45) is 5.92 Å². The van der Waals surface area contributed by atoms with Gasteiger partial charge in [-0.15, -0.1) is 11.8 Å². The van der Waals surface area contributed by atoms with Gasteiger partial charge in [-0.05, 0) is 37.9 Å². The maximum Gasteiger partial charge on any atom is 0.281 e. The fourth-order valence-corrected chi connectivity index (χ4v) is 5.14. The third-order valence-corrected chi connectivity index (χ3v) is 7.84. The molecule has 20 heavy (non-hydrogen) atoms. The molecule has 0 atom stereocenters. The fraction of sp³-hybridized carbons (Fsp3) is 0.923. The molecule has 0 bridgehead atoms. The zero-order valence-electron chi connectivity index (χ0n) is 12.2. The number of thioether (sulfide) groups is 1. The molecule has 114 valence electrons. The SMILES string of the molecule is CSC1(C#N)CCN(S(=O)(=O)N2CCC(C)CC2)CC1. The van der Waals surface area contributed by atoms with Gasteiger partial charge in [-0.2, -0.15) is 22.3 Å². The van der Waals surface area contributed by atoms with Gasteiger partial charge in [-0.25, -0.2) is 0 Å². The van der Waals surface area contributed by atoms with Crippen molar-refractivity contribution in [3.63, 3.8) is 0 Å². The molecule has 2 fully saturated rings. The Morgan fingerprint density at radius 2 is 1.65 bits per heavy atom. The Bertz CT molecular complexity index is 470. The van der Waals surface area contributed by atoms with Crippen LogP contribution in [0.4, 0.5) is 0 Å². The molecule has 7 heteroatoms. The largest absolute Gasteiger partial charge is 0.281 e. The molecular formula is C13H23N3O2S2. The van der Waals surface area contributed by atoms with E-state index in [1.807, 2.05) is 6.26 Å². The van der Waals surface area contributed by atoms with Crippen molar-refractivity contribution in [1.29, 1.82) is 5.26 Å². The van der Waals surface area contributed by atoms with Crippen LogP contribution in [0.2, 0.25) is 0 Å². The molecule has 0 aromatic rings. The molecular weight excluding hydrogens is 294 g/mol. The summed E-state index contributed by atoms with van der Waals surface area (Å²) in [4.78, 5) is 0. The van der Waals surface area contributed by atoms with Crippen LogP contribution in [0.5, 0.6) is 0 Å². The van der Waals surface area contributed by atoms with Crippen LogP contribution < -0.4 is 0 Å². The Labute approximate surface area is 126 Å². The number of rotatable bonds is 3. The van der Waals surface area contributed by atoms with Gasteiger partial charge < -0.3 is 0 Å². The van der Waals surface area contributed by atoms with Crippen molar-refractivity contribution >= 4 is 22.0 Å². The van der Waals surface area contributed by atoms with Crippen LogP contribution >= 0.6 is 11.8 Å². The molecule has 0 aromatic carbocycles. The Balaban J connectivity index is 2.01. The van der Waals surface area contributed by atoms with E-state index in [1.165, 1.54) is 0 Å². The lowest BCUT2D eigenvalue weighted by Gasteiger charge is -2.39. The first-order valence-corrected chi connectivity index (χ1v) is 9.77. The van der Waals surface area contributed by atoms with Crippen molar-refractivity contribution in [3.05, 3.63) is 0 Å². The van der Waals surface area contributed by atoms with E-state index >= 15 is 0 Å². The van der Waals surface area contributed by atoms with Crippen molar-refractivity contribution in [2.45, 2.75) is 37.4 Å². The third-order valence-electron chi connectivity index (χ3n) is 4.52. The molecule has 5 nitrogen and oxygen atoms in total. The molecule has 0 saturated carbocycles. The van der Waals surface area contributed by atoms with Crippen LogP contribution in [0.1, 0.15) is 32.6 Å². The molecule has 2 aliphatic rings. The maximum atomic E-state index is 12.6. The minimum absolute atomic E-state index is 0.400. The van der Waals surface area contributed by atoms with Gasteiger partial charge in [0.05, 0.1) is 6.07 Å². The molecule has 0 radical (unpaired) electrons. The number of hydrogen-bond donors (Lipinski definition) is 0.